The Balaban J connectivity index is 2.02. The maximum Gasteiger partial charge on any atom is 0.156 e. The van der Waals surface area contributed by atoms with E-state index in [4.69, 9.17) is 27.9 Å². The minimum atomic E-state index is 0.0433. The van der Waals surface area contributed by atoms with Crippen LogP contribution in [-0.2, 0) is 6.54 Å². The monoisotopic (exact) mass is 326 g/mol. The molecule has 0 saturated carbocycles. The van der Waals surface area contributed by atoms with Crippen LogP contribution in [0.4, 0.5) is 0 Å². The lowest BCUT2D eigenvalue weighted by molar-refractivity contribution is 0.363. The van der Waals surface area contributed by atoms with E-state index in [1.807, 2.05) is 19.1 Å². The molecule has 21 heavy (non-hydrogen) atoms. The Morgan fingerprint density at radius 1 is 1.43 bits per heavy atom. The number of benzene rings is 1. The van der Waals surface area contributed by atoms with E-state index in [-0.39, 0.29) is 6.04 Å². The lowest BCUT2D eigenvalue weighted by atomic mass is 10.2. The van der Waals surface area contributed by atoms with Crippen LogP contribution in [0.15, 0.2) is 31.1 Å². The van der Waals surface area contributed by atoms with Crippen molar-refractivity contribution in [1.29, 1.82) is 0 Å². The molecule has 2 rings (SSSR count). The molecule has 5 nitrogen and oxygen atoms in total. The second kappa shape index (κ2) is 7.45. The predicted octanol–water partition coefficient (Wildman–Crippen LogP) is 3.53. The second-order valence-electron chi connectivity index (χ2n) is 4.46. The Kier molecular flexibility index (Phi) is 5.61. The molecule has 1 heterocycles. The van der Waals surface area contributed by atoms with Gasteiger partial charge in [-0.3, -0.25) is 5.10 Å². The van der Waals surface area contributed by atoms with Crippen molar-refractivity contribution in [3.05, 3.63) is 52.5 Å². The van der Waals surface area contributed by atoms with Crippen molar-refractivity contribution in [1.82, 2.24) is 20.5 Å². The molecule has 1 aromatic heterocycles. The van der Waals surface area contributed by atoms with Gasteiger partial charge in [0, 0.05) is 6.54 Å². The largest absolute Gasteiger partial charge is 0.486 e. The summed E-state index contributed by atoms with van der Waals surface area (Å²) in [5, 5.41) is 10.9. The molecule has 1 unspecified atom stereocenters. The zero-order valence-electron chi connectivity index (χ0n) is 11.6. The van der Waals surface area contributed by atoms with Gasteiger partial charge in [-0.15, -0.1) is 0 Å². The van der Waals surface area contributed by atoms with Gasteiger partial charge >= 0.3 is 0 Å². The number of hydrogen-bond acceptors (Lipinski definition) is 4. The summed E-state index contributed by atoms with van der Waals surface area (Å²) in [5.41, 5.74) is 0.960. The number of halogens is 2. The number of rotatable bonds is 7. The van der Waals surface area contributed by atoms with E-state index in [9.17, 15) is 0 Å². The average Bonchev–Trinajstić information content (AvgIpc) is 2.98. The van der Waals surface area contributed by atoms with Gasteiger partial charge < -0.3 is 10.1 Å². The molecule has 0 radical (unpaired) electrons. The molecule has 0 saturated heterocycles. The van der Waals surface area contributed by atoms with Crippen LogP contribution in [0.25, 0.3) is 0 Å². The predicted molar refractivity (Wildman–Crippen MR) is 83.8 cm³/mol. The number of ether oxygens (including phenoxy) is 1. The van der Waals surface area contributed by atoms with Crippen LogP contribution >= 0.6 is 23.2 Å². The van der Waals surface area contributed by atoms with E-state index >= 15 is 0 Å². The standard InChI is InChI=1S/C14H16Cl2N4O/c1-3-4-21-13-11(15)5-10(6-12(13)16)7-17-9(2)14-18-8-19-20-14/h3,5-6,8-9,17H,1,4,7H2,2H3,(H,18,19,20). The molecule has 0 aliphatic heterocycles. The Hall–Kier alpha value is -1.56. The van der Waals surface area contributed by atoms with Crippen molar-refractivity contribution in [2.75, 3.05) is 6.61 Å². The van der Waals surface area contributed by atoms with Crippen LogP contribution in [-0.4, -0.2) is 21.8 Å². The highest BCUT2D eigenvalue weighted by molar-refractivity contribution is 6.37. The fraction of sp³-hybridized carbons (Fsp3) is 0.286. The van der Waals surface area contributed by atoms with Gasteiger partial charge in [0.05, 0.1) is 16.1 Å². The zero-order valence-corrected chi connectivity index (χ0v) is 13.1. The maximum absolute atomic E-state index is 6.19. The molecule has 7 heteroatoms. The smallest absolute Gasteiger partial charge is 0.156 e. The van der Waals surface area contributed by atoms with Crippen molar-refractivity contribution in [3.8, 4) is 5.75 Å². The first-order valence-electron chi connectivity index (χ1n) is 6.42. The summed E-state index contributed by atoms with van der Waals surface area (Å²) in [5.74, 6) is 1.25. The highest BCUT2D eigenvalue weighted by Gasteiger charge is 2.11. The summed E-state index contributed by atoms with van der Waals surface area (Å²) in [6.07, 6.45) is 3.12. The number of aromatic nitrogens is 3. The van der Waals surface area contributed by atoms with E-state index in [2.05, 4.69) is 27.1 Å². The highest BCUT2D eigenvalue weighted by Crippen LogP contribution is 2.34. The minimum Gasteiger partial charge on any atom is -0.486 e. The average molecular weight is 327 g/mol. The third kappa shape index (κ3) is 4.20. The SMILES string of the molecule is C=CCOc1c(Cl)cc(CNC(C)c2ncn[nH]2)cc1Cl. The first kappa shape index (κ1) is 15.8. The van der Waals surface area contributed by atoms with E-state index in [1.165, 1.54) is 6.33 Å². The fourth-order valence-electron chi connectivity index (χ4n) is 1.79. The Bertz CT molecular complexity index is 578. The normalized spacial score (nSPS) is 12.1. The maximum atomic E-state index is 6.19. The molecule has 1 atom stereocenters. The van der Waals surface area contributed by atoms with Gasteiger partial charge in [-0.1, -0.05) is 35.9 Å². The van der Waals surface area contributed by atoms with Crippen LogP contribution < -0.4 is 10.1 Å². The summed E-state index contributed by atoms with van der Waals surface area (Å²) in [7, 11) is 0. The minimum absolute atomic E-state index is 0.0433. The number of hydrogen-bond donors (Lipinski definition) is 2. The molecule has 0 bridgehead atoms. The lowest BCUT2D eigenvalue weighted by Gasteiger charge is -2.13. The van der Waals surface area contributed by atoms with Crippen molar-refractivity contribution in [2.45, 2.75) is 19.5 Å². The molecule has 0 aliphatic carbocycles. The molecule has 0 amide bonds. The summed E-state index contributed by atoms with van der Waals surface area (Å²) < 4.78 is 5.43. The lowest BCUT2D eigenvalue weighted by Crippen LogP contribution is -2.19. The molecular formula is C14H16Cl2N4O. The van der Waals surface area contributed by atoms with E-state index in [1.54, 1.807) is 6.08 Å². The van der Waals surface area contributed by atoms with Gasteiger partial charge in [-0.25, -0.2) is 4.98 Å². The van der Waals surface area contributed by atoms with Crippen LogP contribution in [0.1, 0.15) is 24.4 Å². The van der Waals surface area contributed by atoms with Crippen LogP contribution in [0.5, 0.6) is 5.75 Å². The summed E-state index contributed by atoms with van der Waals surface area (Å²) >= 11 is 12.4. The van der Waals surface area contributed by atoms with Gasteiger partial charge in [0.25, 0.3) is 0 Å². The molecule has 2 aromatic rings. The summed E-state index contributed by atoms with van der Waals surface area (Å²) in [6, 6.07) is 3.69. The van der Waals surface area contributed by atoms with Gasteiger partial charge in [0.15, 0.2) is 5.75 Å². The number of H-pyrrole nitrogens is 1. The van der Waals surface area contributed by atoms with Crippen molar-refractivity contribution < 1.29 is 4.74 Å². The van der Waals surface area contributed by atoms with Gasteiger partial charge in [-0.2, -0.15) is 5.10 Å². The molecule has 112 valence electrons. The topological polar surface area (TPSA) is 62.8 Å². The second-order valence-corrected chi connectivity index (χ2v) is 5.28. The van der Waals surface area contributed by atoms with Crippen molar-refractivity contribution in [2.24, 2.45) is 0 Å². The third-order valence-electron chi connectivity index (χ3n) is 2.86. The quantitative estimate of drug-likeness (QED) is 0.764. The zero-order chi connectivity index (χ0) is 15.2. The number of nitrogens with one attached hydrogen (secondary N) is 2. The van der Waals surface area contributed by atoms with Gasteiger partial charge in [-0.05, 0) is 24.6 Å². The van der Waals surface area contributed by atoms with E-state index in [0.717, 1.165) is 11.4 Å². The third-order valence-corrected chi connectivity index (χ3v) is 3.42. The van der Waals surface area contributed by atoms with Crippen LogP contribution in [0.3, 0.4) is 0 Å². The van der Waals surface area contributed by atoms with Crippen molar-refractivity contribution >= 4 is 23.2 Å². The molecular weight excluding hydrogens is 311 g/mol. The Morgan fingerprint density at radius 2 is 2.14 bits per heavy atom. The summed E-state index contributed by atoms with van der Waals surface area (Å²) in [4.78, 5) is 4.10. The molecule has 2 N–H and O–H groups in total. The molecule has 1 aromatic carbocycles. The van der Waals surface area contributed by atoms with Crippen molar-refractivity contribution in [3.63, 3.8) is 0 Å². The highest BCUT2D eigenvalue weighted by atomic mass is 35.5. The van der Waals surface area contributed by atoms with E-state index in [0.29, 0.717) is 28.9 Å². The van der Waals surface area contributed by atoms with Gasteiger partial charge in [0.2, 0.25) is 0 Å². The first-order chi connectivity index (χ1) is 10.1. The van der Waals surface area contributed by atoms with E-state index < -0.39 is 0 Å². The molecule has 0 fully saturated rings. The first-order valence-corrected chi connectivity index (χ1v) is 7.17. The summed E-state index contributed by atoms with van der Waals surface area (Å²) in [6.45, 7) is 6.54. The number of nitrogens with zero attached hydrogens (tertiary/aromatic N) is 2. The van der Waals surface area contributed by atoms with Crippen LogP contribution in [0.2, 0.25) is 10.0 Å². The molecule has 0 aliphatic rings. The van der Waals surface area contributed by atoms with Gasteiger partial charge in [0.1, 0.15) is 18.8 Å². The Labute approximate surface area is 133 Å². The van der Waals surface area contributed by atoms with Crippen LogP contribution in [0, 0.1) is 0 Å². The number of aromatic amines is 1. The fourth-order valence-corrected chi connectivity index (χ4v) is 2.43. The molecule has 0 spiro atoms. The Morgan fingerprint density at radius 3 is 2.71 bits per heavy atom.